The van der Waals surface area contributed by atoms with Gasteiger partial charge in [0, 0.05) is 36.4 Å². The molecule has 0 unspecified atom stereocenters. The number of anilines is 2. The number of hydrogen-bond donors (Lipinski definition) is 1. The number of nitrogens with zero attached hydrogens (tertiary/aromatic N) is 6. The Bertz CT molecular complexity index is 1130. The molecule has 0 saturated heterocycles. The standard InChI is InChI=1S/C20H21N7O/c1-13-9-16(7-8-21-13)23-20-24-19(25-26(20)3)15-5-6-17(18(10-15)28-4)27-11-14(2)22-12-27/h5-12H,1-4H3,(H,21,23,24,25). The quantitative estimate of drug-likeness (QED) is 0.575. The van der Waals surface area contributed by atoms with Crippen molar-refractivity contribution in [3.8, 4) is 22.8 Å². The van der Waals surface area contributed by atoms with Gasteiger partial charge in [0.25, 0.3) is 0 Å². The Morgan fingerprint density at radius 3 is 2.61 bits per heavy atom. The molecule has 0 atom stereocenters. The molecule has 1 aromatic carbocycles. The number of methoxy groups -OCH3 is 1. The van der Waals surface area contributed by atoms with Gasteiger partial charge in [0.05, 0.1) is 24.8 Å². The molecule has 0 spiro atoms. The van der Waals surface area contributed by atoms with Gasteiger partial charge in [-0.15, -0.1) is 5.10 Å². The Kier molecular flexibility index (Phi) is 4.52. The zero-order valence-electron chi connectivity index (χ0n) is 16.2. The van der Waals surface area contributed by atoms with Gasteiger partial charge in [-0.25, -0.2) is 9.67 Å². The van der Waals surface area contributed by atoms with Gasteiger partial charge in [-0.05, 0) is 44.2 Å². The number of pyridine rings is 1. The minimum Gasteiger partial charge on any atom is -0.495 e. The van der Waals surface area contributed by atoms with E-state index in [4.69, 9.17) is 4.74 Å². The van der Waals surface area contributed by atoms with Crippen molar-refractivity contribution in [1.29, 1.82) is 0 Å². The van der Waals surface area contributed by atoms with Gasteiger partial charge in [-0.2, -0.15) is 4.98 Å². The highest BCUT2D eigenvalue weighted by Crippen LogP contribution is 2.29. The normalized spacial score (nSPS) is 10.9. The fourth-order valence-electron chi connectivity index (χ4n) is 2.95. The SMILES string of the molecule is COc1cc(-c2nc(Nc3ccnc(C)c3)n(C)n2)ccc1-n1cnc(C)c1. The fourth-order valence-corrected chi connectivity index (χ4v) is 2.95. The summed E-state index contributed by atoms with van der Waals surface area (Å²) in [7, 11) is 3.50. The molecule has 3 aromatic heterocycles. The van der Waals surface area contributed by atoms with Crippen LogP contribution in [0.1, 0.15) is 11.4 Å². The maximum Gasteiger partial charge on any atom is 0.225 e. The first-order chi connectivity index (χ1) is 13.5. The molecule has 8 heteroatoms. The van der Waals surface area contributed by atoms with Crippen molar-refractivity contribution in [3.63, 3.8) is 0 Å². The summed E-state index contributed by atoms with van der Waals surface area (Å²) in [6.07, 6.45) is 5.48. The lowest BCUT2D eigenvalue weighted by atomic mass is 10.1. The lowest BCUT2D eigenvalue weighted by molar-refractivity contribution is 0.413. The molecule has 142 valence electrons. The largest absolute Gasteiger partial charge is 0.495 e. The number of hydrogen-bond acceptors (Lipinski definition) is 6. The second-order valence-electron chi connectivity index (χ2n) is 6.50. The average Bonchev–Trinajstić information content (AvgIpc) is 3.27. The van der Waals surface area contributed by atoms with Gasteiger partial charge >= 0.3 is 0 Å². The topological polar surface area (TPSA) is 82.7 Å². The lowest BCUT2D eigenvalue weighted by Crippen LogP contribution is -2.00. The lowest BCUT2D eigenvalue weighted by Gasteiger charge is -2.10. The second kappa shape index (κ2) is 7.15. The summed E-state index contributed by atoms with van der Waals surface area (Å²) < 4.78 is 9.23. The van der Waals surface area contributed by atoms with E-state index in [2.05, 4.69) is 25.4 Å². The Hall–Kier alpha value is -3.68. The van der Waals surface area contributed by atoms with Crippen LogP contribution in [0.25, 0.3) is 17.1 Å². The Morgan fingerprint density at radius 1 is 1.04 bits per heavy atom. The molecule has 3 heterocycles. The third-order valence-electron chi connectivity index (χ3n) is 4.34. The molecular formula is C20H21N7O. The number of benzene rings is 1. The Labute approximate surface area is 162 Å². The van der Waals surface area contributed by atoms with Crippen LogP contribution in [0.2, 0.25) is 0 Å². The number of ether oxygens (including phenoxy) is 1. The van der Waals surface area contributed by atoms with Crippen LogP contribution in [0.15, 0.2) is 49.1 Å². The molecule has 0 radical (unpaired) electrons. The van der Waals surface area contributed by atoms with E-state index in [9.17, 15) is 0 Å². The van der Waals surface area contributed by atoms with Gasteiger partial charge in [0.2, 0.25) is 5.95 Å². The van der Waals surface area contributed by atoms with Crippen molar-refractivity contribution in [3.05, 3.63) is 60.4 Å². The maximum absolute atomic E-state index is 5.58. The van der Waals surface area contributed by atoms with Gasteiger partial charge in [-0.1, -0.05) is 0 Å². The smallest absolute Gasteiger partial charge is 0.225 e. The van der Waals surface area contributed by atoms with E-state index in [1.807, 2.05) is 62.0 Å². The van der Waals surface area contributed by atoms with Crippen molar-refractivity contribution in [2.45, 2.75) is 13.8 Å². The van der Waals surface area contributed by atoms with Crippen molar-refractivity contribution < 1.29 is 4.74 Å². The van der Waals surface area contributed by atoms with Gasteiger partial charge in [-0.3, -0.25) is 4.98 Å². The van der Waals surface area contributed by atoms with E-state index in [0.717, 1.165) is 34.1 Å². The summed E-state index contributed by atoms with van der Waals surface area (Å²) in [6.45, 7) is 3.90. The zero-order chi connectivity index (χ0) is 19.7. The van der Waals surface area contributed by atoms with Crippen LogP contribution in [0.4, 0.5) is 11.6 Å². The summed E-state index contributed by atoms with van der Waals surface area (Å²) in [5, 5.41) is 7.81. The Balaban J connectivity index is 1.66. The van der Waals surface area contributed by atoms with Crippen LogP contribution in [-0.2, 0) is 7.05 Å². The monoisotopic (exact) mass is 375 g/mol. The van der Waals surface area contributed by atoms with E-state index in [1.54, 1.807) is 24.3 Å². The highest BCUT2D eigenvalue weighted by molar-refractivity contribution is 5.65. The summed E-state index contributed by atoms with van der Waals surface area (Å²) in [5.74, 6) is 1.98. The first-order valence-electron chi connectivity index (χ1n) is 8.83. The molecule has 0 saturated carbocycles. The van der Waals surface area contributed by atoms with E-state index in [0.29, 0.717) is 11.8 Å². The summed E-state index contributed by atoms with van der Waals surface area (Å²) in [6, 6.07) is 9.74. The minimum atomic E-state index is 0.613. The molecule has 0 aliphatic rings. The second-order valence-corrected chi connectivity index (χ2v) is 6.50. The number of aromatic nitrogens is 6. The highest BCUT2D eigenvalue weighted by Gasteiger charge is 2.13. The third kappa shape index (κ3) is 3.44. The molecule has 0 bridgehead atoms. The van der Waals surface area contributed by atoms with Crippen LogP contribution in [0, 0.1) is 13.8 Å². The van der Waals surface area contributed by atoms with Crippen LogP contribution < -0.4 is 10.1 Å². The van der Waals surface area contributed by atoms with Gasteiger partial charge < -0.3 is 14.6 Å². The number of rotatable bonds is 5. The molecule has 4 aromatic rings. The Morgan fingerprint density at radius 2 is 1.89 bits per heavy atom. The van der Waals surface area contributed by atoms with Crippen molar-refractivity contribution >= 4 is 11.6 Å². The molecule has 8 nitrogen and oxygen atoms in total. The van der Waals surface area contributed by atoms with Crippen molar-refractivity contribution in [1.82, 2.24) is 29.3 Å². The minimum absolute atomic E-state index is 0.613. The van der Waals surface area contributed by atoms with Crippen LogP contribution in [0.3, 0.4) is 0 Å². The predicted molar refractivity (Wildman–Crippen MR) is 107 cm³/mol. The van der Waals surface area contributed by atoms with E-state index in [-0.39, 0.29) is 0 Å². The molecular weight excluding hydrogens is 354 g/mol. The molecule has 0 aliphatic heterocycles. The molecule has 0 amide bonds. The first-order valence-corrected chi connectivity index (χ1v) is 8.83. The van der Waals surface area contributed by atoms with Gasteiger partial charge in [0.1, 0.15) is 5.75 Å². The van der Waals surface area contributed by atoms with Crippen LogP contribution in [0.5, 0.6) is 5.75 Å². The molecule has 1 N–H and O–H groups in total. The molecule has 28 heavy (non-hydrogen) atoms. The number of nitrogens with one attached hydrogen (secondary N) is 1. The van der Waals surface area contributed by atoms with Crippen LogP contribution in [-0.4, -0.2) is 36.4 Å². The van der Waals surface area contributed by atoms with Crippen molar-refractivity contribution in [2.24, 2.45) is 7.05 Å². The van der Waals surface area contributed by atoms with Crippen molar-refractivity contribution in [2.75, 3.05) is 12.4 Å². The zero-order valence-corrected chi connectivity index (χ0v) is 16.2. The fraction of sp³-hybridized carbons (Fsp3) is 0.200. The summed E-state index contributed by atoms with van der Waals surface area (Å²) in [4.78, 5) is 13.1. The van der Waals surface area contributed by atoms with E-state index >= 15 is 0 Å². The summed E-state index contributed by atoms with van der Waals surface area (Å²) in [5.41, 5.74) is 4.57. The van der Waals surface area contributed by atoms with Crippen LogP contribution >= 0.6 is 0 Å². The summed E-state index contributed by atoms with van der Waals surface area (Å²) >= 11 is 0. The number of aryl methyl sites for hydroxylation is 3. The van der Waals surface area contributed by atoms with E-state index in [1.165, 1.54) is 0 Å². The first kappa shape index (κ1) is 17.7. The average molecular weight is 375 g/mol. The highest BCUT2D eigenvalue weighted by atomic mass is 16.5. The van der Waals surface area contributed by atoms with Gasteiger partial charge in [0.15, 0.2) is 5.82 Å². The third-order valence-corrected chi connectivity index (χ3v) is 4.34. The number of imidazole rings is 1. The molecule has 4 rings (SSSR count). The molecule has 0 fully saturated rings. The predicted octanol–water partition coefficient (Wildman–Crippen LogP) is 3.43. The molecule has 0 aliphatic carbocycles. The maximum atomic E-state index is 5.58. The van der Waals surface area contributed by atoms with E-state index < -0.39 is 0 Å².